The second kappa shape index (κ2) is 8.05. The smallest absolute Gasteiger partial charge is 0.360 e. The minimum absolute atomic E-state index is 0.113. The van der Waals surface area contributed by atoms with Gasteiger partial charge in [0.15, 0.2) is 5.69 Å². The molecule has 2 fully saturated rings. The van der Waals surface area contributed by atoms with E-state index in [9.17, 15) is 9.59 Å². The van der Waals surface area contributed by atoms with Crippen LogP contribution in [0.4, 0.5) is 10.5 Å². The van der Waals surface area contributed by atoms with Gasteiger partial charge in [-0.05, 0) is 24.3 Å². The molecule has 4 rings (SSSR count). The summed E-state index contributed by atoms with van der Waals surface area (Å²) in [7, 11) is 2.86. The van der Waals surface area contributed by atoms with Gasteiger partial charge in [0.1, 0.15) is 24.0 Å². The molecule has 0 radical (unpaired) electrons. The van der Waals surface area contributed by atoms with Crippen LogP contribution in [0, 0.1) is 0 Å². The molecule has 2 saturated heterocycles. The van der Waals surface area contributed by atoms with Crippen molar-refractivity contribution in [2.75, 3.05) is 32.8 Å². The molecule has 0 bridgehead atoms. The highest BCUT2D eigenvalue weighted by molar-refractivity contribution is 5.89. The lowest BCUT2D eigenvalue weighted by atomic mass is 10.1. The Kier molecular flexibility index (Phi) is 5.32. The number of aromatic nitrogens is 3. The summed E-state index contributed by atoms with van der Waals surface area (Å²) < 4.78 is 23.0. The van der Waals surface area contributed by atoms with Gasteiger partial charge in [0, 0.05) is 5.69 Å². The molecule has 11 nitrogen and oxygen atoms in total. The second-order valence-corrected chi connectivity index (χ2v) is 6.67. The van der Waals surface area contributed by atoms with Crippen LogP contribution in [-0.4, -0.2) is 72.7 Å². The number of ether oxygens (including phenoxy) is 4. The number of carbonyl (C=O) groups is 2. The van der Waals surface area contributed by atoms with Crippen LogP contribution in [0.3, 0.4) is 0 Å². The molecule has 0 spiro atoms. The maximum Gasteiger partial charge on any atom is 0.360 e. The number of hydrogen-bond acceptors (Lipinski definition) is 8. The Balaban J connectivity index is 1.35. The number of fused-ring (bicyclic) bond motifs is 1. The number of carbonyl (C=O) groups excluding carboxylic acids is 2. The van der Waals surface area contributed by atoms with Gasteiger partial charge in [0.25, 0.3) is 0 Å². The number of nitrogens with zero attached hydrogens (tertiary/aromatic N) is 3. The molecule has 1 aromatic carbocycles. The molecule has 0 unspecified atom stereocenters. The lowest BCUT2D eigenvalue weighted by Gasteiger charge is -2.18. The van der Waals surface area contributed by atoms with Crippen molar-refractivity contribution in [2.45, 2.75) is 24.3 Å². The molecular formula is C18H21N5O6. The van der Waals surface area contributed by atoms with Crippen LogP contribution < -0.4 is 15.4 Å². The van der Waals surface area contributed by atoms with Crippen LogP contribution in [0.15, 0.2) is 30.5 Å². The minimum atomic E-state index is -0.561. The predicted molar refractivity (Wildman–Crippen MR) is 98.8 cm³/mol. The zero-order valence-electron chi connectivity index (χ0n) is 15.9. The summed E-state index contributed by atoms with van der Waals surface area (Å²) >= 11 is 0. The van der Waals surface area contributed by atoms with Gasteiger partial charge in [-0.2, -0.15) is 0 Å². The number of urea groups is 1. The standard InChI is InChI=1S/C18H21N5O6/c1-26-11-5-3-10(4-6-11)19-18(25)20-13-8-28-16-14(9-29-15(13)16)23-7-12(21-22-23)17(24)27-2/h3-7,13-16H,8-9H2,1-2H3,(H2,19,20,25)/t13-,14+,15-,16+/m1/s1. The Labute approximate surface area is 166 Å². The summed E-state index contributed by atoms with van der Waals surface area (Å²) in [6, 6.07) is 6.10. The second-order valence-electron chi connectivity index (χ2n) is 6.67. The molecule has 11 heteroatoms. The van der Waals surface area contributed by atoms with E-state index in [0.717, 1.165) is 0 Å². The van der Waals surface area contributed by atoms with E-state index in [-0.39, 0.29) is 36.0 Å². The first-order valence-electron chi connectivity index (χ1n) is 9.04. The number of hydrogen-bond donors (Lipinski definition) is 2. The van der Waals surface area contributed by atoms with Crippen LogP contribution in [0.25, 0.3) is 0 Å². The molecule has 0 saturated carbocycles. The van der Waals surface area contributed by atoms with E-state index < -0.39 is 5.97 Å². The monoisotopic (exact) mass is 403 g/mol. The fourth-order valence-corrected chi connectivity index (χ4v) is 3.48. The highest BCUT2D eigenvalue weighted by Gasteiger charge is 2.49. The Morgan fingerprint density at radius 1 is 1.14 bits per heavy atom. The van der Waals surface area contributed by atoms with Crippen molar-refractivity contribution in [3.63, 3.8) is 0 Å². The van der Waals surface area contributed by atoms with Crippen LogP contribution in [0.1, 0.15) is 16.5 Å². The molecule has 0 aliphatic carbocycles. The number of anilines is 1. The normalized spacial score (nSPS) is 25.3. The molecule has 29 heavy (non-hydrogen) atoms. The molecule has 3 heterocycles. The van der Waals surface area contributed by atoms with E-state index in [1.807, 2.05) is 0 Å². The van der Waals surface area contributed by atoms with Crippen molar-refractivity contribution in [3.05, 3.63) is 36.2 Å². The van der Waals surface area contributed by atoms with E-state index >= 15 is 0 Å². The highest BCUT2D eigenvalue weighted by Crippen LogP contribution is 2.34. The molecule has 2 aliphatic rings. The molecule has 154 valence electrons. The SMILES string of the molecule is COC(=O)c1cn([C@H]2CO[C@H]3[C@H]2OC[C@H]3NC(=O)Nc2ccc(OC)cc2)nn1. The molecule has 2 aliphatic heterocycles. The van der Waals surface area contributed by atoms with Crippen LogP contribution in [0.2, 0.25) is 0 Å². The summed E-state index contributed by atoms with van der Waals surface area (Å²) in [5.74, 6) is 0.144. The summed E-state index contributed by atoms with van der Waals surface area (Å²) in [6.45, 7) is 0.637. The van der Waals surface area contributed by atoms with E-state index in [1.165, 1.54) is 18.0 Å². The first-order valence-corrected chi connectivity index (χ1v) is 9.04. The van der Waals surface area contributed by atoms with Crippen molar-refractivity contribution in [2.24, 2.45) is 0 Å². The molecule has 1 aromatic heterocycles. The Hall–Kier alpha value is -3.18. The van der Waals surface area contributed by atoms with Gasteiger partial charge in [-0.3, -0.25) is 0 Å². The van der Waals surface area contributed by atoms with Gasteiger partial charge in [-0.25, -0.2) is 14.3 Å². The van der Waals surface area contributed by atoms with Crippen molar-refractivity contribution in [1.82, 2.24) is 20.3 Å². The predicted octanol–water partition coefficient (Wildman–Crippen LogP) is 0.602. The molecule has 2 amide bonds. The third kappa shape index (κ3) is 3.87. The number of amides is 2. The van der Waals surface area contributed by atoms with Crippen molar-refractivity contribution < 1.29 is 28.5 Å². The van der Waals surface area contributed by atoms with Gasteiger partial charge in [0.05, 0.1) is 39.7 Å². The maximum atomic E-state index is 12.3. The zero-order valence-corrected chi connectivity index (χ0v) is 15.9. The Morgan fingerprint density at radius 3 is 2.62 bits per heavy atom. The lowest BCUT2D eigenvalue weighted by Crippen LogP contribution is -2.45. The first-order chi connectivity index (χ1) is 14.1. The number of esters is 1. The molecular weight excluding hydrogens is 382 g/mol. The number of nitrogens with one attached hydrogen (secondary N) is 2. The number of rotatable bonds is 5. The molecule has 4 atom stereocenters. The van der Waals surface area contributed by atoms with Crippen molar-refractivity contribution in [1.29, 1.82) is 0 Å². The lowest BCUT2D eigenvalue weighted by molar-refractivity contribution is 0.0592. The molecule has 2 aromatic rings. The van der Waals surface area contributed by atoms with Crippen LogP contribution >= 0.6 is 0 Å². The van der Waals surface area contributed by atoms with E-state index in [2.05, 4.69) is 25.7 Å². The van der Waals surface area contributed by atoms with Gasteiger partial charge >= 0.3 is 12.0 Å². The van der Waals surface area contributed by atoms with Crippen molar-refractivity contribution in [3.8, 4) is 5.75 Å². The molecule has 2 N–H and O–H groups in total. The van der Waals surface area contributed by atoms with E-state index in [1.54, 1.807) is 31.4 Å². The third-order valence-electron chi connectivity index (χ3n) is 4.94. The van der Waals surface area contributed by atoms with Crippen LogP contribution in [-0.2, 0) is 14.2 Å². The largest absolute Gasteiger partial charge is 0.497 e. The van der Waals surface area contributed by atoms with Gasteiger partial charge in [-0.1, -0.05) is 5.21 Å². The maximum absolute atomic E-state index is 12.3. The van der Waals surface area contributed by atoms with Crippen molar-refractivity contribution >= 4 is 17.7 Å². The highest BCUT2D eigenvalue weighted by atomic mass is 16.6. The van der Waals surface area contributed by atoms with E-state index in [0.29, 0.717) is 24.7 Å². The summed E-state index contributed by atoms with van der Waals surface area (Å²) in [5.41, 5.74) is 0.754. The number of methoxy groups -OCH3 is 2. The van der Waals surface area contributed by atoms with E-state index in [4.69, 9.17) is 14.2 Å². The fourth-order valence-electron chi connectivity index (χ4n) is 3.48. The summed E-state index contributed by atoms with van der Waals surface area (Å²) in [5, 5.41) is 13.4. The van der Waals surface area contributed by atoms with Gasteiger partial charge in [-0.15, -0.1) is 5.10 Å². The van der Waals surface area contributed by atoms with Gasteiger partial charge < -0.3 is 29.6 Å². The fraction of sp³-hybridized carbons (Fsp3) is 0.444. The topological polar surface area (TPSA) is 126 Å². The zero-order chi connectivity index (χ0) is 20.4. The minimum Gasteiger partial charge on any atom is -0.497 e. The third-order valence-corrected chi connectivity index (χ3v) is 4.94. The quantitative estimate of drug-likeness (QED) is 0.695. The average Bonchev–Trinajstić information content (AvgIpc) is 3.45. The Bertz CT molecular complexity index is 885. The van der Waals surface area contributed by atoms with Crippen LogP contribution in [0.5, 0.6) is 5.75 Å². The first kappa shape index (κ1) is 19.2. The average molecular weight is 403 g/mol. The number of benzene rings is 1. The van der Waals surface area contributed by atoms with Gasteiger partial charge in [0.2, 0.25) is 0 Å². The Morgan fingerprint density at radius 2 is 1.90 bits per heavy atom. The summed E-state index contributed by atoms with van der Waals surface area (Å²) in [4.78, 5) is 23.9. The summed E-state index contributed by atoms with van der Waals surface area (Å²) in [6.07, 6.45) is 0.865.